The van der Waals surface area contributed by atoms with Gasteiger partial charge in [-0.1, -0.05) is 45.4 Å². The van der Waals surface area contributed by atoms with Crippen LogP contribution in [0.4, 0.5) is 0 Å². The number of ether oxygens (including phenoxy) is 2. The van der Waals surface area contributed by atoms with Crippen molar-refractivity contribution in [3.63, 3.8) is 0 Å². The summed E-state index contributed by atoms with van der Waals surface area (Å²) in [6.45, 7) is 9.34. The molecule has 4 heterocycles. The highest BCUT2D eigenvalue weighted by atomic mass is 79.9. The second-order valence-corrected chi connectivity index (χ2v) is 12.9. The van der Waals surface area contributed by atoms with E-state index >= 15 is 0 Å². The molecule has 1 unspecified atom stereocenters. The lowest BCUT2D eigenvalue weighted by atomic mass is 9.70. The Bertz CT molecular complexity index is 1470. The first-order valence-electron chi connectivity index (χ1n) is 15.2. The molecular formula is C31H39BrN6O7. The number of hydrogen-bond donors (Lipinski definition) is 2. The molecule has 7 atom stereocenters. The normalized spacial score (nSPS) is 27.3. The van der Waals surface area contributed by atoms with Crippen molar-refractivity contribution in [2.45, 2.75) is 68.0 Å². The van der Waals surface area contributed by atoms with Crippen LogP contribution in [0.2, 0.25) is 0 Å². The van der Waals surface area contributed by atoms with Gasteiger partial charge in [0, 0.05) is 30.9 Å². The fourth-order valence-corrected chi connectivity index (χ4v) is 7.73. The van der Waals surface area contributed by atoms with Crippen LogP contribution in [0.3, 0.4) is 0 Å². The van der Waals surface area contributed by atoms with Gasteiger partial charge in [-0.05, 0) is 38.3 Å². The van der Waals surface area contributed by atoms with Crippen LogP contribution in [0.25, 0.3) is 11.0 Å². The minimum Gasteiger partial charge on any atom is -0.460 e. The number of aromatic nitrogens is 3. The lowest BCUT2D eigenvalue weighted by Gasteiger charge is -2.37. The molecule has 0 radical (unpaired) electrons. The lowest BCUT2D eigenvalue weighted by Crippen LogP contribution is -2.57. The molecule has 3 aliphatic heterocycles. The Morgan fingerprint density at radius 1 is 1.31 bits per heavy atom. The van der Waals surface area contributed by atoms with Gasteiger partial charge in [0.05, 0.1) is 30.0 Å². The number of nitrogens with zero attached hydrogens (tertiary/aromatic N) is 5. The first-order chi connectivity index (χ1) is 21.7. The van der Waals surface area contributed by atoms with Gasteiger partial charge in [0.1, 0.15) is 29.9 Å². The van der Waals surface area contributed by atoms with Crippen LogP contribution in [0.1, 0.15) is 32.6 Å². The molecule has 3 aliphatic rings. The van der Waals surface area contributed by atoms with Gasteiger partial charge < -0.3 is 29.7 Å². The third-order valence-electron chi connectivity index (χ3n) is 8.72. The summed E-state index contributed by atoms with van der Waals surface area (Å²) in [5.41, 5.74) is 0.120. The van der Waals surface area contributed by atoms with E-state index in [-0.39, 0.29) is 68.3 Å². The van der Waals surface area contributed by atoms with Crippen molar-refractivity contribution in [3.05, 3.63) is 49.6 Å². The number of benzene rings is 1. The van der Waals surface area contributed by atoms with Crippen molar-refractivity contribution in [2.24, 2.45) is 11.8 Å². The number of para-hydroxylation sites is 1. The molecule has 1 spiro atoms. The Kier molecular flexibility index (Phi) is 10.0. The molecule has 3 saturated heterocycles. The maximum Gasteiger partial charge on any atom is 0.312 e. The van der Waals surface area contributed by atoms with Crippen molar-refractivity contribution in [1.82, 2.24) is 30.1 Å². The number of carbonyl (C=O) groups is 4. The Labute approximate surface area is 269 Å². The van der Waals surface area contributed by atoms with Crippen LogP contribution >= 0.6 is 15.9 Å². The summed E-state index contributed by atoms with van der Waals surface area (Å²) in [7, 11) is 0. The first-order valence-corrected chi connectivity index (χ1v) is 16.1. The van der Waals surface area contributed by atoms with E-state index in [1.165, 1.54) is 9.80 Å². The molecule has 0 aliphatic carbocycles. The number of aliphatic hydroxyl groups is 1. The van der Waals surface area contributed by atoms with Gasteiger partial charge >= 0.3 is 5.97 Å². The minimum atomic E-state index is -1.29. The molecule has 2 N–H and O–H groups in total. The van der Waals surface area contributed by atoms with Gasteiger partial charge in [0.25, 0.3) is 0 Å². The average Bonchev–Trinajstić information content (AvgIpc) is 3.74. The van der Waals surface area contributed by atoms with Gasteiger partial charge in [0.15, 0.2) is 0 Å². The van der Waals surface area contributed by atoms with Crippen molar-refractivity contribution < 1.29 is 33.8 Å². The van der Waals surface area contributed by atoms with Crippen molar-refractivity contribution in [1.29, 1.82) is 0 Å². The van der Waals surface area contributed by atoms with E-state index in [1.807, 2.05) is 24.3 Å². The van der Waals surface area contributed by atoms with E-state index in [9.17, 15) is 24.3 Å². The molecule has 13 nitrogen and oxygen atoms in total. The van der Waals surface area contributed by atoms with Crippen molar-refractivity contribution in [2.75, 3.05) is 26.2 Å². The third kappa shape index (κ3) is 6.15. The van der Waals surface area contributed by atoms with E-state index in [0.717, 1.165) is 5.52 Å². The highest BCUT2D eigenvalue weighted by Crippen LogP contribution is 2.60. The van der Waals surface area contributed by atoms with Crippen molar-refractivity contribution in [3.8, 4) is 0 Å². The molecule has 14 heteroatoms. The van der Waals surface area contributed by atoms with Crippen molar-refractivity contribution >= 4 is 50.7 Å². The first kappa shape index (κ1) is 32.8. The van der Waals surface area contributed by atoms with Crippen LogP contribution < -0.4 is 5.32 Å². The summed E-state index contributed by atoms with van der Waals surface area (Å²) < 4.78 is 13.9. The molecule has 242 valence electrons. The predicted octanol–water partition coefficient (Wildman–Crippen LogP) is 1.55. The second kappa shape index (κ2) is 13.8. The second-order valence-electron chi connectivity index (χ2n) is 11.7. The number of alkyl halides is 1. The van der Waals surface area contributed by atoms with Crippen LogP contribution in [-0.4, -0.2) is 109 Å². The molecule has 0 saturated carbocycles. The van der Waals surface area contributed by atoms with Gasteiger partial charge in [-0.25, -0.2) is 4.68 Å². The van der Waals surface area contributed by atoms with E-state index in [4.69, 9.17) is 9.47 Å². The maximum absolute atomic E-state index is 14.5. The summed E-state index contributed by atoms with van der Waals surface area (Å²) in [4.78, 5) is 57.1. The number of hydrogen-bond acceptors (Lipinski definition) is 9. The number of likely N-dealkylation sites (tertiary alicyclic amines) is 1. The highest BCUT2D eigenvalue weighted by Gasteiger charge is 2.77. The Morgan fingerprint density at radius 3 is 2.82 bits per heavy atom. The number of rotatable bonds is 15. The minimum absolute atomic E-state index is 0.0489. The number of halogens is 1. The molecule has 3 fully saturated rings. The smallest absolute Gasteiger partial charge is 0.312 e. The lowest BCUT2D eigenvalue weighted by molar-refractivity contribution is -0.159. The SMILES string of the molecule is C=CCCC(=O)NC[C@@H](C)OC(=O)[C@@H]1[C@H]2O[C@@]3(CC2Br)[C@H](C(=O)N(CC=C)Cn2nnc4ccccc42)N(CCCO)C(=O)[C@@H]13. The summed E-state index contributed by atoms with van der Waals surface area (Å²) in [5.74, 6) is -3.49. The zero-order valence-corrected chi connectivity index (χ0v) is 26.8. The standard InChI is InChI=1S/C31H39BrN6O7/c1-4-6-12-23(40)33-17-19(3)44-30(43)24-25-28(41)37(14-9-15-39)27(31(25)16-20(32)26(24)45-31)29(42)36(13-5-2)18-38-22-11-8-7-10-21(22)34-35-38/h4-5,7-8,10-11,19-20,24-27,39H,1-2,6,9,12-18H2,3H3,(H,33,40)/t19-,20?,24+,25-,26+,27+,31-/m1/s1. The van der Waals surface area contributed by atoms with E-state index in [1.54, 1.807) is 23.8 Å². The number of esters is 1. The molecule has 5 rings (SSSR count). The number of aliphatic hydroxyl groups excluding tert-OH is 1. The molecule has 1 aromatic carbocycles. The molecule has 1 aromatic heterocycles. The molecule has 45 heavy (non-hydrogen) atoms. The Hall–Kier alpha value is -3.62. The zero-order valence-electron chi connectivity index (χ0n) is 25.2. The number of fused-ring (bicyclic) bond motifs is 2. The third-order valence-corrected chi connectivity index (χ3v) is 9.56. The number of allylic oxidation sites excluding steroid dienone is 1. The van der Waals surface area contributed by atoms with Crippen LogP contribution in [0.15, 0.2) is 49.6 Å². The van der Waals surface area contributed by atoms with Gasteiger partial charge in [-0.15, -0.1) is 18.3 Å². The Balaban J connectivity index is 1.41. The average molecular weight is 688 g/mol. The predicted molar refractivity (Wildman–Crippen MR) is 167 cm³/mol. The maximum atomic E-state index is 14.5. The summed E-state index contributed by atoms with van der Waals surface area (Å²) >= 11 is 3.66. The number of amides is 3. The number of nitrogens with one attached hydrogen (secondary N) is 1. The monoisotopic (exact) mass is 686 g/mol. The Morgan fingerprint density at radius 2 is 2.09 bits per heavy atom. The molecule has 3 amide bonds. The van der Waals surface area contributed by atoms with Crippen LogP contribution in [0, 0.1) is 11.8 Å². The van der Waals surface area contributed by atoms with Gasteiger partial charge in [0.2, 0.25) is 17.7 Å². The topological polar surface area (TPSA) is 156 Å². The van der Waals surface area contributed by atoms with E-state index in [0.29, 0.717) is 18.4 Å². The fourth-order valence-electron chi connectivity index (χ4n) is 6.79. The van der Waals surface area contributed by atoms with E-state index < -0.39 is 41.7 Å². The largest absolute Gasteiger partial charge is 0.460 e. The molecule has 2 bridgehead atoms. The van der Waals surface area contributed by atoms with Crippen LogP contribution in [0.5, 0.6) is 0 Å². The molecular weight excluding hydrogens is 648 g/mol. The number of carbonyl (C=O) groups excluding carboxylic acids is 4. The van der Waals surface area contributed by atoms with Gasteiger partial charge in [-0.3, -0.25) is 19.2 Å². The zero-order chi connectivity index (χ0) is 32.3. The molecule has 2 aromatic rings. The summed E-state index contributed by atoms with van der Waals surface area (Å²) in [6.07, 6.45) is 3.28. The fraction of sp³-hybridized carbons (Fsp3) is 0.548. The van der Waals surface area contributed by atoms with Crippen LogP contribution in [-0.2, 0) is 35.3 Å². The van der Waals surface area contributed by atoms with Gasteiger partial charge in [-0.2, -0.15) is 0 Å². The summed E-state index contributed by atoms with van der Waals surface area (Å²) in [6, 6.07) is 6.33. The van der Waals surface area contributed by atoms with E-state index in [2.05, 4.69) is 44.7 Å². The highest BCUT2D eigenvalue weighted by molar-refractivity contribution is 9.09. The quantitative estimate of drug-likeness (QED) is 0.161. The summed E-state index contributed by atoms with van der Waals surface area (Å²) in [5, 5.41) is 20.8.